The fourth-order valence-corrected chi connectivity index (χ4v) is 2.29. The fourth-order valence-electron chi connectivity index (χ4n) is 2.29. The Kier molecular flexibility index (Phi) is 4.69. The Hall–Kier alpha value is -0.995. The van der Waals surface area contributed by atoms with Crippen molar-refractivity contribution in [3.63, 3.8) is 0 Å². The molecule has 0 radical (unpaired) electrons. The highest BCUT2D eigenvalue weighted by atomic mass is 16.7. The molecule has 1 fully saturated rings. The van der Waals surface area contributed by atoms with Gasteiger partial charge in [-0.25, -0.2) is 0 Å². The number of hydrogen-bond donors (Lipinski definition) is 0. The normalized spacial score (nSPS) is 19.8. The molecule has 2 rings (SSSR count). The maximum Gasteiger partial charge on any atom is 0.494 e. The smallest absolute Gasteiger partial charge is 0.493 e. The van der Waals surface area contributed by atoms with Crippen LogP contribution >= 0.6 is 0 Å². The number of unbranched alkanes of at least 4 members (excludes halogenated alkanes) is 1. The molecule has 1 aliphatic rings. The van der Waals surface area contributed by atoms with E-state index in [1.165, 1.54) is 0 Å². The van der Waals surface area contributed by atoms with Crippen molar-refractivity contribution in [2.75, 3.05) is 6.61 Å². The van der Waals surface area contributed by atoms with E-state index in [1.54, 1.807) is 0 Å². The Balaban J connectivity index is 2.11. The third-order valence-corrected chi connectivity index (χ3v) is 4.48. The van der Waals surface area contributed by atoms with Crippen LogP contribution < -0.4 is 10.2 Å². The Morgan fingerprint density at radius 3 is 2.24 bits per heavy atom. The number of hydrogen-bond acceptors (Lipinski definition) is 3. The maximum atomic E-state index is 6.08. The van der Waals surface area contributed by atoms with Crippen LogP contribution in [-0.2, 0) is 9.31 Å². The van der Waals surface area contributed by atoms with Gasteiger partial charge in [0, 0.05) is 0 Å². The molecule has 3 nitrogen and oxygen atoms in total. The Bertz CT molecular complexity index is 481. The molecule has 0 N–H and O–H groups in total. The molecule has 1 saturated heterocycles. The van der Waals surface area contributed by atoms with Gasteiger partial charge in [-0.2, -0.15) is 0 Å². The average molecular weight is 290 g/mol. The lowest BCUT2D eigenvalue weighted by atomic mass is 9.78. The van der Waals surface area contributed by atoms with Crippen molar-refractivity contribution in [1.29, 1.82) is 0 Å². The van der Waals surface area contributed by atoms with Gasteiger partial charge < -0.3 is 14.0 Å². The van der Waals surface area contributed by atoms with Crippen LogP contribution in [0.1, 0.15) is 53.0 Å². The molecule has 0 unspecified atom stereocenters. The summed E-state index contributed by atoms with van der Waals surface area (Å²) in [5.41, 5.74) is 1.57. The van der Waals surface area contributed by atoms with Crippen LogP contribution in [0.2, 0.25) is 0 Å². The first-order valence-corrected chi connectivity index (χ1v) is 7.86. The molecule has 1 aromatic carbocycles. The zero-order chi connectivity index (χ0) is 15.7. The minimum Gasteiger partial charge on any atom is -0.493 e. The molecule has 1 aliphatic heterocycles. The van der Waals surface area contributed by atoms with Gasteiger partial charge in [0.2, 0.25) is 0 Å². The zero-order valence-electron chi connectivity index (χ0n) is 14.2. The van der Waals surface area contributed by atoms with Crippen molar-refractivity contribution in [2.45, 2.75) is 65.6 Å². The lowest BCUT2D eigenvalue weighted by Gasteiger charge is -2.32. The van der Waals surface area contributed by atoms with Crippen molar-refractivity contribution in [1.82, 2.24) is 0 Å². The summed E-state index contributed by atoms with van der Waals surface area (Å²) >= 11 is 0. The molecular formula is C17H27BO3. The Labute approximate surface area is 129 Å². The van der Waals surface area contributed by atoms with Crippen LogP contribution in [0.4, 0.5) is 0 Å². The third-order valence-electron chi connectivity index (χ3n) is 4.48. The molecule has 4 heteroatoms. The quantitative estimate of drug-likeness (QED) is 0.614. The molecule has 1 heterocycles. The number of benzene rings is 1. The van der Waals surface area contributed by atoms with Crippen LogP contribution in [0.25, 0.3) is 0 Å². The van der Waals surface area contributed by atoms with Crippen LogP contribution in [-0.4, -0.2) is 24.9 Å². The summed E-state index contributed by atoms with van der Waals surface area (Å²) < 4.78 is 18.0. The van der Waals surface area contributed by atoms with Gasteiger partial charge in [-0.05, 0) is 58.1 Å². The molecule has 0 amide bonds. The molecular weight excluding hydrogens is 263 g/mol. The summed E-state index contributed by atoms with van der Waals surface area (Å²) in [5.74, 6) is 0.948. The van der Waals surface area contributed by atoms with Crippen molar-refractivity contribution >= 4 is 12.6 Å². The summed E-state index contributed by atoms with van der Waals surface area (Å²) in [6.07, 6.45) is 2.23. The second kappa shape index (κ2) is 6.01. The van der Waals surface area contributed by atoms with Crippen molar-refractivity contribution in [2.24, 2.45) is 0 Å². The first-order chi connectivity index (χ1) is 9.77. The van der Waals surface area contributed by atoms with Gasteiger partial charge in [0.15, 0.2) is 0 Å². The van der Waals surface area contributed by atoms with Crippen LogP contribution in [0, 0.1) is 6.92 Å². The van der Waals surface area contributed by atoms with Gasteiger partial charge in [0.1, 0.15) is 5.75 Å². The maximum absolute atomic E-state index is 6.08. The lowest BCUT2D eigenvalue weighted by Crippen LogP contribution is -2.41. The minimum absolute atomic E-state index is 0.304. The van der Waals surface area contributed by atoms with Gasteiger partial charge in [0.25, 0.3) is 0 Å². The summed E-state index contributed by atoms with van der Waals surface area (Å²) in [6.45, 7) is 13.3. The predicted molar refractivity (Wildman–Crippen MR) is 87.3 cm³/mol. The van der Waals surface area contributed by atoms with Gasteiger partial charge in [-0.15, -0.1) is 0 Å². The first kappa shape index (κ1) is 16.4. The lowest BCUT2D eigenvalue weighted by molar-refractivity contribution is 0.00578. The van der Waals surface area contributed by atoms with E-state index >= 15 is 0 Å². The van der Waals surface area contributed by atoms with E-state index in [4.69, 9.17) is 14.0 Å². The Morgan fingerprint density at radius 2 is 1.71 bits per heavy atom. The van der Waals surface area contributed by atoms with Gasteiger partial charge in [-0.1, -0.05) is 25.5 Å². The van der Waals surface area contributed by atoms with Crippen LogP contribution in [0.5, 0.6) is 5.75 Å². The SMILES string of the molecule is CCCCOc1ccc(B2OC(C)(C)C(C)(C)O2)cc1C. The predicted octanol–water partition coefficient (Wildman–Crippen LogP) is 3.47. The average Bonchev–Trinajstić information content (AvgIpc) is 2.60. The molecule has 0 aromatic heterocycles. The molecule has 0 atom stereocenters. The van der Waals surface area contributed by atoms with Crippen molar-refractivity contribution in [3.05, 3.63) is 23.8 Å². The molecule has 21 heavy (non-hydrogen) atoms. The molecule has 0 spiro atoms. The molecule has 0 aliphatic carbocycles. The number of ether oxygens (including phenoxy) is 1. The second-order valence-corrected chi connectivity index (χ2v) is 6.82. The topological polar surface area (TPSA) is 27.7 Å². The van der Waals surface area contributed by atoms with E-state index in [0.717, 1.165) is 36.2 Å². The molecule has 0 bridgehead atoms. The third kappa shape index (κ3) is 3.43. The highest BCUT2D eigenvalue weighted by Gasteiger charge is 2.51. The van der Waals surface area contributed by atoms with Crippen molar-refractivity contribution in [3.8, 4) is 5.75 Å². The van der Waals surface area contributed by atoms with Gasteiger partial charge in [0.05, 0.1) is 17.8 Å². The first-order valence-electron chi connectivity index (χ1n) is 7.86. The van der Waals surface area contributed by atoms with Gasteiger partial charge in [-0.3, -0.25) is 0 Å². The van der Waals surface area contributed by atoms with E-state index in [2.05, 4.69) is 47.6 Å². The van der Waals surface area contributed by atoms with E-state index in [0.29, 0.717) is 0 Å². The van der Waals surface area contributed by atoms with E-state index in [1.807, 2.05) is 12.1 Å². The summed E-state index contributed by atoms with van der Waals surface area (Å²) in [5, 5.41) is 0. The molecule has 1 aromatic rings. The summed E-state index contributed by atoms with van der Waals surface area (Å²) in [6, 6.07) is 6.16. The van der Waals surface area contributed by atoms with Crippen molar-refractivity contribution < 1.29 is 14.0 Å². The largest absolute Gasteiger partial charge is 0.494 e. The number of aryl methyl sites for hydroxylation is 1. The summed E-state index contributed by atoms with van der Waals surface area (Å²) in [7, 11) is -0.307. The molecule has 0 saturated carbocycles. The summed E-state index contributed by atoms with van der Waals surface area (Å²) in [4.78, 5) is 0. The zero-order valence-corrected chi connectivity index (χ0v) is 14.2. The monoisotopic (exact) mass is 290 g/mol. The van der Waals surface area contributed by atoms with Gasteiger partial charge >= 0.3 is 7.12 Å². The van der Waals surface area contributed by atoms with E-state index < -0.39 is 0 Å². The van der Waals surface area contributed by atoms with E-state index in [9.17, 15) is 0 Å². The van der Waals surface area contributed by atoms with E-state index in [-0.39, 0.29) is 18.3 Å². The van der Waals surface area contributed by atoms with Crippen LogP contribution in [0.3, 0.4) is 0 Å². The highest BCUT2D eigenvalue weighted by Crippen LogP contribution is 2.36. The number of rotatable bonds is 5. The van der Waals surface area contributed by atoms with Crippen LogP contribution in [0.15, 0.2) is 18.2 Å². The fraction of sp³-hybridized carbons (Fsp3) is 0.647. The second-order valence-electron chi connectivity index (χ2n) is 6.82. The standard InChI is InChI=1S/C17H27BO3/c1-7-8-11-19-15-10-9-14(12-13(15)2)18-20-16(3,4)17(5,6)21-18/h9-10,12H,7-8,11H2,1-6H3. The Morgan fingerprint density at radius 1 is 1.10 bits per heavy atom. The minimum atomic E-state index is -0.307. The molecule has 116 valence electrons. The highest BCUT2D eigenvalue weighted by molar-refractivity contribution is 6.62.